The molecule has 6 heteroatoms. The molecule has 0 aromatic heterocycles. The first-order valence-corrected chi connectivity index (χ1v) is 12.0. The molecular weight excluding hydrogens is 428 g/mol. The van der Waals surface area contributed by atoms with Crippen molar-refractivity contribution in [3.05, 3.63) is 64.2 Å². The van der Waals surface area contributed by atoms with Crippen molar-refractivity contribution in [3.8, 4) is 5.75 Å². The Morgan fingerprint density at radius 3 is 2.44 bits per heavy atom. The van der Waals surface area contributed by atoms with Gasteiger partial charge in [-0.2, -0.15) is 0 Å². The third-order valence-electron chi connectivity index (χ3n) is 6.73. The maximum atomic E-state index is 10.1. The van der Waals surface area contributed by atoms with Gasteiger partial charge in [0.05, 0.1) is 31.5 Å². The highest BCUT2D eigenvalue weighted by atomic mass is 35.5. The minimum Gasteiger partial charge on any atom is -0.485 e. The molecule has 2 aromatic rings. The van der Waals surface area contributed by atoms with Crippen molar-refractivity contribution in [1.29, 1.82) is 0 Å². The number of aliphatic hydroxyl groups excluding tert-OH is 3. The predicted molar refractivity (Wildman–Crippen MR) is 124 cm³/mol. The van der Waals surface area contributed by atoms with E-state index in [1.807, 2.05) is 42.5 Å². The van der Waals surface area contributed by atoms with E-state index in [2.05, 4.69) is 0 Å². The topological polar surface area (TPSA) is 79.2 Å². The Kier molecular flexibility index (Phi) is 7.74. The maximum Gasteiger partial charge on any atom is 0.132 e. The Bertz CT molecular complexity index is 878. The van der Waals surface area contributed by atoms with Gasteiger partial charge >= 0.3 is 0 Å². The van der Waals surface area contributed by atoms with Crippen LogP contribution in [0.5, 0.6) is 5.75 Å². The smallest absolute Gasteiger partial charge is 0.132 e. The van der Waals surface area contributed by atoms with Gasteiger partial charge in [-0.3, -0.25) is 0 Å². The van der Waals surface area contributed by atoms with Crippen LogP contribution in [0.2, 0.25) is 5.02 Å². The summed E-state index contributed by atoms with van der Waals surface area (Å²) in [5, 5.41) is 30.2. The molecular formula is C26H33ClO5. The number of benzene rings is 2. The molecule has 1 heterocycles. The minimum atomic E-state index is -0.482. The zero-order valence-electron chi connectivity index (χ0n) is 18.4. The fourth-order valence-electron chi connectivity index (χ4n) is 4.89. The minimum absolute atomic E-state index is 0.0478. The zero-order valence-corrected chi connectivity index (χ0v) is 19.1. The van der Waals surface area contributed by atoms with Gasteiger partial charge in [0.2, 0.25) is 0 Å². The summed E-state index contributed by atoms with van der Waals surface area (Å²) >= 11 is 6.48. The molecule has 1 aliphatic heterocycles. The van der Waals surface area contributed by atoms with Gasteiger partial charge in [-0.15, -0.1) is 0 Å². The van der Waals surface area contributed by atoms with E-state index in [1.54, 1.807) is 0 Å². The van der Waals surface area contributed by atoms with Crippen LogP contribution in [0.4, 0.5) is 0 Å². The molecule has 2 fully saturated rings. The monoisotopic (exact) mass is 460 g/mol. The number of aliphatic hydroxyl groups is 3. The van der Waals surface area contributed by atoms with Crippen LogP contribution in [0.3, 0.4) is 0 Å². The van der Waals surface area contributed by atoms with Crippen LogP contribution < -0.4 is 4.74 Å². The molecule has 3 atom stereocenters. The molecule has 0 radical (unpaired) electrons. The lowest BCUT2D eigenvalue weighted by atomic mass is 9.85. The molecule has 5 nitrogen and oxygen atoms in total. The van der Waals surface area contributed by atoms with E-state index in [0.29, 0.717) is 24.3 Å². The van der Waals surface area contributed by atoms with E-state index in [-0.39, 0.29) is 25.4 Å². The van der Waals surface area contributed by atoms with Gasteiger partial charge in [0.1, 0.15) is 11.4 Å². The Balaban J connectivity index is 1.45. The molecule has 32 heavy (non-hydrogen) atoms. The van der Waals surface area contributed by atoms with E-state index in [9.17, 15) is 15.3 Å². The zero-order chi connectivity index (χ0) is 22.6. The molecule has 4 rings (SSSR count). The Morgan fingerprint density at radius 1 is 1.00 bits per heavy atom. The summed E-state index contributed by atoms with van der Waals surface area (Å²) in [6, 6.07) is 13.8. The molecule has 0 spiro atoms. The van der Waals surface area contributed by atoms with E-state index in [0.717, 1.165) is 48.1 Å². The summed E-state index contributed by atoms with van der Waals surface area (Å²) in [4.78, 5) is 0. The molecule has 2 aliphatic rings. The van der Waals surface area contributed by atoms with Gasteiger partial charge in [-0.05, 0) is 67.0 Å². The summed E-state index contributed by atoms with van der Waals surface area (Å²) in [6.45, 7) is -0.0494. The van der Waals surface area contributed by atoms with Crippen LogP contribution in [0, 0.1) is 0 Å². The number of hydrogen-bond donors (Lipinski definition) is 3. The quantitative estimate of drug-likeness (QED) is 0.563. The third kappa shape index (κ3) is 5.64. The van der Waals surface area contributed by atoms with E-state index < -0.39 is 11.7 Å². The largest absolute Gasteiger partial charge is 0.485 e. The van der Waals surface area contributed by atoms with Crippen LogP contribution in [0.1, 0.15) is 67.7 Å². The standard InChI is InChI=1S/C26H33ClO5/c27-24-9-6-19(25-15-21(30)14-23(16-28)31-25)13-20(24)12-18-4-7-22(8-5-18)32-26(17-29)10-2-1-3-11-26/h4-9,13,21,23,25,28-30H,1-3,10-12,14-17H2/t21?,23-,25+/m0/s1. The molecule has 1 saturated heterocycles. The van der Waals surface area contributed by atoms with E-state index >= 15 is 0 Å². The molecule has 1 saturated carbocycles. The van der Waals surface area contributed by atoms with Crippen molar-refractivity contribution >= 4 is 11.6 Å². The fraction of sp³-hybridized carbons (Fsp3) is 0.538. The lowest BCUT2D eigenvalue weighted by molar-refractivity contribution is -0.113. The Hall–Kier alpha value is -1.63. The Morgan fingerprint density at radius 2 is 1.75 bits per heavy atom. The first-order chi connectivity index (χ1) is 15.5. The molecule has 3 N–H and O–H groups in total. The average molecular weight is 461 g/mol. The van der Waals surface area contributed by atoms with Crippen molar-refractivity contribution < 1.29 is 24.8 Å². The molecule has 0 bridgehead atoms. The normalized spacial score (nSPS) is 25.4. The van der Waals surface area contributed by atoms with Gasteiger partial charge < -0.3 is 24.8 Å². The number of hydrogen-bond acceptors (Lipinski definition) is 5. The molecule has 0 amide bonds. The summed E-state index contributed by atoms with van der Waals surface area (Å²) in [5.41, 5.74) is 2.61. The van der Waals surface area contributed by atoms with E-state index in [1.165, 1.54) is 6.42 Å². The average Bonchev–Trinajstić information content (AvgIpc) is 2.82. The summed E-state index contributed by atoms with van der Waals surface area (Å²) in [5.74, 6) is 0.782. The second-order valence-electron chi connectivity index (χ2n) is 9.23. The summed E-state index contributed by atoms with van der Waals surface area (Å²) in [6.07, 6.45) is 5.72. The number of ether oxygens (including phenoxy) is 2. The predicted octanol–water partition coefficient (Wildman–Crippen LogP) is 4.58. The van der Waals surface area contributed by atoms with Crippen molar-refractivity contribution in [2.45, 2.75) is 75.3 Å². The maximum absolute atomic E-state index is 10.1. The second-order valence-corrected chi connectivity index (χ2v) is 9.64. The van der Waals surface area contributed by atoms with Crippen molar-refractivity contribution in [2.75, 3.05) is 13.2 Å². The van der Waals surface area contributed by atoms with Crippen LogP contribution in [-0.2, 0) is 11.2 Å². The molecule has 174 valence electrons. The first kappa shape index (κ1) is 23.5. The van der Waals surface area contributed by atoms with Crippen molar-refractivity contribution in [3.63, 3.8) is 0 Å². The third-order valence-corrected chi connectivity index (χ3v) is 7.10. The highest BCUT2D eigenvalue weighted by molar-refractivity contribution is 6.31. The summed E-state index contributed by atoms with van der Waals surface area (Å²) in [7, 11) is 0. The number of rotatable bonds is 7. The fourth-order valence-corrected chi connectivity index (χ4v) is 5.07. The molecule has 1 unspecified atom stereocenters. The second kappa shape index (κ2) is 10.5. The van der Waals surface area contributed by atoms with Gasteiger partial charge in [-0.1, -0.05) is 42.3 Å². The van der Waals surface area contributed by atoms with Gasteiger partial charge in [0, 0.05) is 17.9 Å². The van der Waals surface area contributed by atoms with Crippen LogP contribution in [0.25, 0.3) is 0 Å². The molecule has 2 aromatic carbocycles. The van der Waals surface area contributed by atoms with Crippen LogP contribution in [-0.4, -0.2) is 46.3 Å². The van der Waals surface area contributed by atoms with Gasteiger partial charge in [0.15, 0.2) is 0 Å². The SMILES string of the molecule is OC[C@@H]1CC(O)C[C@H](c2ccc(Cl)c(Cc3ccc(OC4(CO)CCCCC4)cc3)c2)O1. The highest BCUT2D eigenvalue weighted by Crippen LogP contribution is 2.35. The molecule has 1 aliphatic carbocycles. The van der Waals surface area contributed by atoms with Crippen LogP contribution in [0.15, 0.2) is 42.5 Å². The van der Waals surface area contributed by atoms with Gasteiger partial charge in [-0.25, -0.2) is 0 Å². The summed E-state index contributed by atoms with van der Waals surface area (Å²) < 4.78 is 12.2. The highest BCUT2D eigenvalue weighted by Gasteiger charge is 2.33. The lowest BCUT2D eigenvalue weighted by Crippen LogP contribution is -2.41. The Labute approximate surface area is 194 Å². The van der Waals surface area contributed by atoms with Gasteiger partial charge in [0.25, 0.3) is 0 Å². The van der Waals surface area contributed by atoms with Crippen molar-refractivity contribution in [1.82, 2.24) is 0 Å². The first-order valence-electron chi connectivity index (χ1n) is 11.6. The van der Waals surface area contributed by atoms with Crippen molar-refractivity contribution in [2.24, 2.45) is 0 Å². The van der Waals surface area contributed by atoms with Crippen LogP contribution >= 0.6 is 11.6 Å². The number of halogens is 1. The van der Waals surface area contributed by atoms with E-state index in [4.69, 9.17) is 21.1 Å². The lowest BCUT2D eigenvalue weighted by Gasteiger charge is -2.36.